The van der Waals surface area contributed by atoms with E-state index in [0.29, 0.717) is 30.2 Å². The number of piperidine rings is 1. The number of likely N-dealkylation sites (tertiary alicyclic amines) is 1. The van der Waals surface area contributed by atoms with E-state index in [9.17, 15) is 9.59 Å². The van der Waals surface area contributed by atoms with Crippen LogP contribution in [-0.2, 0) is 7.05 Å². The van der Waals surface area contributed by atoms with Crippen LogP contribution in [0.4, 0.5) is 5.82 Å². The molecule has 1 aliphatic rings. The highest BCUT2D eigenvalue weighted by atomic mass is 32.1. The summed E-state index contributed by atoms with van der Waals surface area (Å²) < 4.78 is 7.29. The Morgan fingerprint density at radius 2 is 1.88 bits per heavy atom. The predicted molar refractivity (Wildman–Crippen MR) is 128 cm³/mol. The summed E-state index contributed by atoms with van der Waals surface area (Å²) in [6, 6.07) is 9.15. The number of aromatic nitrogens is 3. The van der Waals surface area contributed by atoms with Gasteiger partial charge >= 0.3 is 0 Å². The van der Waals surface area contributed by atoms with Gasteiger partial charge < -0.3 is 15.0 Å². The van der Waals surface area contributed by atoms with Crippen molar-refractivity contribution in [3.63, 3.8) is 0 Å². The van der Waals surface area contributed by atoms with E-state index in [1.54, 1.807) is 17.1 Å². The number of rotatable bonds is 6. The van der Waals surface area contributed by atoms with Crippen LogP contribution in [0, 0.1) is 6.92 Å². The molecular formula is C24H29N5O3S. The van der Waals surface area contributed by atoms with Crippen LogP contribution in [0.15, 0.2) is 35.7 Å². The van der Waals surface area contributed by atoms with Gasteiger partial charge in [-0.15, -0.1) is 11.3 Å². The van der Waals surface area contributed by atoms with E-state index in [1.165, 1.54) is 11.3 Å². The van der Waals surface area contributed by atoms with Gasteiger partial charge in [0.15, 0.2) is 0 Å². The zero-order chi connectivity index (χ0) is 23.5. The fourth-order valence-electron chi connectivity index (χ4n) is 3.95. The summed E-state index contributed by atoms with van der Waals surface area (Å²) in [5.41, 5.74) is 1.92. The van der Waals surface area contributed by atoms with E-state index in [-0.39, 0.29) is 23.8 Å². The normalized spacial score (nSPS) is 14.5. The first-order valence-electron chi connectivity index (χ1n) is 11.1. The maximum Gasteiger partial charge on any atom is 0.276 e. The van der Waals surface area contributed by atoms with Crippen molar-refractivity contribution in [3.8, 4) is 5.75 Å². The quantitative estimate of drug-likeness (QED) is 0.586. The number of hydrogen-bond acceptors (Lipinski definition) is 6. The topological polar surface area (TPSA) is 89.4 Å². The lowest BCUT2D eigenvalue weighted by Gasteiger charge is -2.31. The number of hydrogen-bond donors (Lipinski definition) is 1. The summed E-state index contributed by atoms with van der Waals surface area (Å²) in [5, 5.41) is 9.85. The number of benzene rings is 1. The number of carbonyl (C=O) groups excluding carboxylic acids is 2. The van der Waals surface area contributed by atoms with Crippen molar-refractivity contribution in [2.75, 3.05) is 18.4 Å². The van der Waals surface area contributed by atoms with E-state index in [0.717, 1.165) is 29.3 Å². The fraction of sp³-hybridized carbons (Fsp3) is 0.417. The van der Waals surface area contributed by atoms with Crippen molar-refractivity contribution in [2.45, 2.75) is 45.6 Å². The monoisotopic (exact) mass is 467 g/mol. The summed E-state index contributed by atoms with van der Waals surface area (Å²) in [6.45, 7) is 7.17. The number of carbonyl (C=O) groups is 2. The van der Waals surface area contributed by atoms with Gasteiger partial charge in [-0.25, -0.2) is 4.98 Å². The number of nitrogens with one attached hydrogen (secondary N) is 1. The van der Waals surface area contributed by atoms with E-state index in [4.69, 9.17) is 4.74 Å². The lowest BCUT2D eigenvalue weighted by atomic mass is 9.97. The van der Waals surface area contributed by atoms with Crippen molar-refractivity contribution in [1.82, 2.24) is 19.7 Å². The van der Waals surface area contributed by atoms with E-state index < -0.39 is 0 Å². The molecule has 1 saturated heterocycles. The Labute approximate surface area is 197 Å². The summed E-state index contributed by atoms with van der Waals surface area (Å²) in [5.74, 6) is 1.46. The molecule has 0 aliphatic carbocycles. The molecule has 1 aliphatic heterocycles. The van der Waals surface area contributed by atoms with Crippen LogP contribution in [0.2, 0.25) is 0 Å². The molecule has 0 spiro atoms. The Hall–Kier alpha value is -3.20. The van der Waals surface area contributed by atoms with Crippen LogP contribution in [-0.4, -0.2) is 50.7 Å². The lowest BCUT2D eigenvalue weighted by Crippen LogP contribution is -2.37. The first kappa shape index (κ1) is 23.0. The second-order valence-corrected chi connectivity index (χ2v) is 9.47. The first-order valence-corrected chi connectivity index (χ1v) is 12.0. The molecule has 0 unspecified atom stereocenters. The van der Waals surface area contributed by atoms with Gasteiger partial charge in [0.1, 0.15) is 17.3 Å². The van der Waals surface area contributed by atoms with E-state index >= 15 is 0 Å². The molecular weight excluding hydrogens is 438 g/mol. The van der Waals surface area contributed by atoms with Crippen LogP contribution in [0.25, 0.3) is 0 Å². The second kappa shape index (κ2) is 9.74. The average Bonchev–Trinajstić information content (AvgIpc) is 3.40. The number of aryl methyl sites for hydroxylation is 2. The van der Waals surface area contributed by atoms with Gasteiger partial charge in [-0.1, -0.05) is 0 Å². The van der Waals surface area contributed by atoms with Crippen molar-refractivity contribution in [2.24, 2.45) is 7.05 Å². The molecule has 3 aromatic rings. The van der Waals surface area contributed by atoms with Gasteiger partial charge in [0.2, 0.25) is 0 Å². The Morgan fingerprint density at radius 1 is 1.18 bits per heavy atom. The van der Waals surface area contributed by atoms with Gasteiger partial charge in [0.05, 0.1) is 16.8 Å². The minimum absolute atomic E-state index is 0.0372. The molecule has 0 radical (unpaired) electrons. The molecule has 33 heavy (non-hydrogen) atoms. The Kier molecular flexibility index (Phi) is 6.78. The fourth-order valence-corrected chi connectivity index (χ4v) is 4.92. The molecule has 1 N–H and O–H groups in total. The molecule has 0 saturated carbocycles. The van der Waals surface area contributed by atoms with Gasteiger partial charge in [-0.05, 0) is 57.9 Å². The lowest BCUT2D eigenvalue weighted by molar-refractivity contribution is 0.0713. The molecule has 9 heteroatoms. The number of ether oxygens (including phenoxy) is 1. The highest BCUT2D eigenvalue weighted by Gasteiger charge is 2.27. The standard InChI is InChI=1S/C24H29N5O3S/c1-15(2)32-19-7-5-18(6-8-19)24(31)29-11-9-17(10-12-29)23-25-20(14-33-23)22(30)26-21-13-16(3)27-28(21)4/h5-8,13-15,17H,9-12H2,1-4H3,(H,26,30). The zero-order valence-corrected chi connectivity index (χ0v) is 20.2. The third-order valence-corrected chi connectivity index (χ3v) is 6.61. The molecule has 1 aromatic carbocycles. The number of anilines is 1. The van der Waals surface area contributed by atoms with Crippen LogP contribution in [0.1, 0.15) is 64.2 Å². The SMILES string of the molecule is Cc1cc(NC(=O)c2csc(C3CCN(C(=O)c4ccc(OC(C)C)cc4)CC3)n2)n(C)n1. The highest BCUT2D eigenvalue weighted by molar-refractivity contribution is 7.10. The van der Waals surface area contributed by atoms with Crippen LogP contribution in [0.3, 0.4) is 0 Å². The van der Waals surface area contributed by atoms with Gasteiger partial charge in [-0.3, -0.25) is 14.3 Å². The molecule has 2 amide bonds. The number of amides is 2. The van der Waals surface area contributed by atoms with E-state index in [1.807, 2.05) is 56.0 Å². The van der Waals surface area contributed by atoms with Crippen LogP contribution in [0.5, 0.6) is 5.75 Å². The van der Waals surface area contributed by atoms with Crippen molar-refractivity contribution < 1.29 is 14.3 Å². The summed E-state index contributed by atoms with van der Waals surface area (Å²) in [7, 11) is 1.79. The van der Waals surface area contributed by atoms with Crippen LogP contribution >= 0.6 is 11.3 Å². The maximum atomic E-state index is 12.9. The van der Waals surface area contributed by atoms with Crippen molar-refractivity contribution >= 4 is 29.0 Å². The average molecular weight is 468 g/mol. The minimum Gasteiger partial charge on any atom is -0.491 e. The highest BCUT2D eigenvalue weighted by Crippen LogP contribution is 2.31. The number of thiazole rings is 1. The molecule has 0 bridgehead atoms. The van der Waals surface area contributed by atoms with E-state index in [2.05, 4.69) is 15.4 Å². The Bertz CT molecular complexity index is 1130. The molecule has 1 fully saturated rings. The zero-order valence-electron chi connectivity index (χ0n) is 19.4. The number of nitrogens with zero attached hydrogens (tertiary/aromatic N) is 4. The third-order valence-electron chi connectivity index (χ3n) is 5.60. The Balaban J connectivity index is 1.32. The molecule has 0 atom stereocenters. The van der Waals surface area contributed by atoms with Crippen molar-refractivity contribution in [1.29, 1.82) is 0 Å². The summed E-state index contributed by atoms with van der Waals surface area (Å²) >= 11 is 1.50. The van der Waals surface area contributed by atoms with Crippen LogP contribution < -0.4 is 10.1 Å². The molecule has 2 aromatic heterocycles. The molecule has 3 heterocycles. The molecule has 174 valence electrons. The summed E-state index contributed by atoms with van der Waals surface area (Å²) in [4.78, 5) is 31.9. The summed E-state index contributed by atoms with van der Waals surface area (Å²) in [6.07, 6.45) is 1.76. The minimum atomic E-state index is -0.238. The largest absolute Gasteiger partial charge is 0.491 e. The third kappa shape index (κ3) is 5.42. The molecule has 8 nitrogen and oxygen atoms in total. The van der Waals surface area contributed by atoms with Gasteiger partial charge in [0, 0.05) is 43.1 Å². The van der Waals surface area contributed by atoms with Crippen molar-refractivity contribution in [3.05, 3.63) is 57.7 Å². The van der Waals surface area contributed by atoms with Gasteiger partial charge in [-0.2, -0.15) is 5.10 Å². The first-order chi connectivity index (χ1) is 15.8. The second-order valence-electron chi connectivity index (χ2n) is 8.58. The Morgan fingerprint density at radius 3 is 2.48 bits per heavy atom. The molecule has 4 rings (SSSR count). The van der Waals surface area contributed by atoms with Gasteiger partial charge in [0.25, 0.3) is 11.8 Å². The predicted octanol–water partition coefficient (Wildman–Crippen LogP) is 4.24. The maximum absolute atomic E-state index is 12.9. The smallest absolute Gasteiger partial charge is 0.276 e.